The topological polar surface area (TPSA) is 67.4 Å². The normalized spacial score (nSPS) is 22.0. The van der Waals surface area contributed by atoms with E-state index < -0.39 is 6.04 Å². The number of urea groups is 1. The summed E-state index contributed by atoms with van der Waals surface area (Å²) in [5, 5.41) is 5.96. The van der Waals surface area contributed by atoms with Crippen LogP contribution in [-0.4, -0.2) is 18.1 Å². The van der Waals surface area contributed by atoms with Crippen LogP contribution in [0.25, 0.3) is 0 Å². The molecule has 1 fully saturated rings. The van der Waals surface area contributed by atoms with E-state index in [1.54, 1.807) is 13.0 Å². The molecular formula is C19H23ClN2O3. The predicted molar refractivity (Wildman–Crippen MR) is 96.1 cm³/mol. The zero-order valence-corrected chi connectivity index (χ0v) is 15.1. The summed E-state index contributed by atoms with van der Waals surface area (Å²) in [6.07, 6.45) is 6.28. The average Bonchev–Trinajstić information content (AvgIpc) is 2.83. The molecule has 3 rings (SSSR count). The van der Waals surface area contributed by atoms with Crippen LogP contribution in [0.15, 0.2) is 35.5 Å². The third-order valence-electron chi connectivity index (χ3n) is 4.78. The van der Waals surface area contributed by atoms with E-state index in [0.717, 1.165) is 25.7 Å². The highest BCUT2D eigenvalue weighted by molar-refractivity contribution is 6.31. The van der Waals surface area contributed by atoms with Crippen molar-refractivity contribution in [2.24, 2.45) is 0 Å². The zero-order chi connectivity index (χ0) is 17.8. The maximum Gasteiger partial charge on any atom is 0.338 e. The summed E-state index contributed by atoms with van der Waals surface area (Å²) in [5.41, 5.74) is 1.61. The van der Waals surface area contributed by atoms with E-state index in [2.05, 4.69) is 10.6 Å². The molecule has 5 nitrogen and oxygen atoms in total. The number of allylic oxidation sites excluding steroid dienone is 1. The molecule has 1 saturated carbocycles. The van der Waals surface area contributed by atoms with Crippen LogP contribution in [0.4, 0.5) is 4.79 Å². The number of carbonyl (C=O) groups excluding carboxylic acids is 2. The molecule has 2 aliphatic rings. The molecule has 2 N–H and O–H groups in total. The molecule has 0 bridgehead atoms. The Balaban J connectivity index is 1.87. The smallest absolute Gasteiger partial charge is 0.338 e. The number of nitrogens with one attached hydrogen (secondary N) is 2. The van der Waals surface area contributed by atoms with Gasteiger partial charge in [-0.05, 0) is 44.2 Å². The molecule has 1 aromatic rings. The lowest BCUT2D eigenvalue weighted by Crippen LogP contribution is -2.45. The third kappa shape index (κ3) is 4.15. The van der Waals surface area contributed by atoms with Gasteiger partial charge < -0.3 is 15.4 Å². The van der Waals surface area contributed by atoms with E-state index in [-0.39, 0.29) is 18.1 Å². The van der Waals surface area contributed by atoms with Crippen molar-refractivity contribution in [1.29, 1.82) is 0 Å². The van der Waals surface area contributed by atoms with Crippen molar-refractivity contribution in [3.63, 3.8) is 0 Å². The molecule has 0 aromatic heterocycles. The van der Waals surface area contributed by atoms with Crippen molar-refractivity contribution in [2.75, 3.05) is 0 Å². The molecule has 25 heavy (non-hydrogen) atoms. The molecule has 0 radical (unpaired) electrons. The molecule has 1 atom stereocenters. The highest BCUT2D eigenvalue weighted by Gasteiger charge is 2.34. The number of hydrogen-bond acceptors (Lipinski definition) is 3. The lowest BCUT2D eigenvalue weighted by atomic mass is 9.95. The molecule has 1 aliphatic heterocycles. The number of rotatable bonds is 3. The van der Waals surface area contributed by atoms with Gasteiger partial charge in [-0.1, -0.05) is 42.6 Å². The Morgan fingerprint density at radius 2 is 1.84 bits per heavy atom. The van der Waals surface area contributed by atoms with Crippen LogP contribution < -0.4 is 10.6 Å². The molecule has 0 unspecified atom stereocenters. The summed E-state index contributed by atoms with van der Waals surface area (Å²) in [4.78, 5) is 24.8. The number of amides is 2. The van der Waals surface area contributed by atoms with Crippen LogP contribution in [-0.2, 0) is 9.53 Å². The van der Waals surface area contributed by atoms with Crippen LogP contribution in [0.2, 0.25) is 5.02 Å². The van der Waals surface area contributed by atoms with Gasteiger partial charge in [0, 0.05) is 10.7 Å². The van der Waals surface area contributed by atoms with Gasteiger partial charge in [0.2, 0.25) is 0 Å². The lowest BCUT2D eigenvalue weighted by Gasteiger charge is -2.29. The SMILES string of the molecule is CC1=C(C(=O)OC2CCCCCC2)[C@H](c2ccccc2Cl)NC(=O)N1. The fraction of sp³-hybridized carbons (Fsp3) is 0.474. The first-order chi connectivity index (χ1) is 12.1. The van der Waals surface area contributed by atoms with Gasteiger partial charge in [0.25, 0.3) is 0 Å². The van der Waals surface area contributed by atoms with Crippen LogP contribution in [0.3, 0.4) is 0 Å². The van der Waals surface area contributed by atoms with Gasteiger partial charge in [-0.2, -0.15) is 0 Å². The first-order valence-corrected chi connectivity index (χ1v) is 9.17. The van der Waals surface area contributed by atoms with Gasteiger partial charge in [-0.3, -0.25) is 0 Å². The number of benzene rings is 1. The maximum atomic E-state index is 12.9. The minimum Gasteiger partial charge on any atom is -0.459 e. The number of carbonyl (C=O) groups is 2. The summed E-state index contributed by atoms with van der Waals surface area (Å²) >= 11 is 6.29. The lowest BCUT2D eigenvalue weighted by molar-refractivity contribution is -0.145. The minimum atomic E-state index is -0.610. The number of hydrogen-bond donors (Lipinski definition) is 2. The summed E-state index contributed by atoms with van der Waals surface area (Å²) in [7, 11) is 0. The Bertz CT molecular complexity index is 694. The van der Waals surface area contributed by atoms with E-state index in [1.165, 1.54) is 12.8 Å². The number of esters is 1. The molecule has 1 heterocycles. The minimum absolute atomic E-state index is 0.0557. The van der Waals surface area contributed by atoms with Crippen molar-refractivity contribution in [3.8, 4) is 0 Å². The summed E-state index contributed by atoms with van der Waals surface area (Å²) in [6.45, 7) is 1.71. The van der Waals surface area contributed by atoms with Gasteiger partial charge in [0.1, 0.15) is 6.10 Å². The zero-order valence-electron chi connectivity index (χ0n) is 14.3. The van der Waals surface area contributed by atoms with Crippen LogP contribution in [0.5, 0.6) is 0 Å². The number of halogens is 1. The van der Waals surface area contributed by atoms with E-state index >= 15 is 0 Å². The van der Waals surface area contributed by atoms with Gasteiger partial charge in [0.15, 0.2) is 0 Å². The fourth-order valence-electron chi connectivity index (χ4n) is 3.48. The second-order valence-corrected chi connectivity index (χ2v) is 7.02. The van der Waals surface area contributed by atoms with Crippen LogP contribution >= 0.6 is 11.6 Å². The van der Waals surface area contributed by atoms with Gasteiger partial charge in [-0.15, -0.1) is 0 Å². The Morgan fingerprint density at radius 3 is 2.52 bits per heavy atom. The first-order valence-electron chi connectivity index (χ1n) is 8.80. The molecule has 0 saturated heterocycles. The summed E-state index contributed by atoms with van der Waals surface area (Å²) < 4.78 is 5.78. The summed E-state index contributed by atoms with van der Waals surface area (Å²) in [5.74, 6) is -0.387. The van der Waals surface area contributed by atoms with E-state index in [1.807, 2.05) is 18.2 Å². The van der Waals surface area contributed by atoms with Crippen molar-refractivity contribution in [3.05, 3.63) is 46.1 Å². The fourth-order valence-corrected chi connectivity index (χ4v) is 3.73. The molecule has 1 aromatic carbocycles. The molecule has 2 amide bonds. The van der Waals surface area contributed by atoms with Crippen LogP contribution in [0.1, 0.15) is 57.1 Å². The third-order valence-corrected chi connectivity index (χ3v) is 5.13. The molecular weight excluding hydrogens is 340 g/mol. The largest absolute Gasteiger partial charge is 0.459 e. The molecule has 0 spiro atoms. The Labute approximate surface area is 152 Å². The van der Waals surface area contributed by atoms with Crippen molar-refractivity contribution in [1.82, 2.24) is 10.6 Å². The Kier molecular flexibility index (Phi) is 5.63. The van der Waals surface area contributed by atoms with Gasteiger partial charge in [0.05, 0.1) is 11.6 Å². The van der Waals surface area contributed by atoms with Crippen LogP contribution in [0, 0.1) is 0 Å². The molecule has 134 valence electrons. The summed E-state index contributed by atoms with van der Waals surface area (Å²) in [6, 6.07) is 6.24. The number of ether oxygens (including phenoxy) is 1. The van der Waals surface area contributed by atoms with Crippen molar-refractivity contribution < 1.29 is 14.3 Å². The van der Waals surface area contributed by atoms with E-state index in [9.17, 15) is 9.59 Å². The molecule has 6 heteroatoms. The molecule has 1 aliphatic carbocycles. The predicted octanol–water partition coefficient (Wildman–Crippen LogP) is 4.23. The van der Waals surface area contributed by atoms with Gasteiger partial charge >= 0.3 is 12.0 Å². The second-order valence-electron chi connectivity index (χ2n) is 6.61. The highest BCUT2D eigenvalue weighted by atomic mass is 35.5. The average molecular weight is 363 g/mol. The van der Waals surface area contributed by atoms with Crippen molar-refractivity contribution >= 4 is 23.6 Å². The van der Waals surface area contributed by atoms with Crippen molar-refractivity contribution in [2.45, 2.75) is 57.6 Å². The monoisotopic (exact) mass is 362 g/mol. The van der Waals surface area contributed by atoms with E-state index in [4.69, 9.17) is 16.3 Å². The second kappa shape index (κ2) is 7.91. The van der Waals surface area contributed by atoms with Gasteiger partial charge in [-0.25, -0.2) is 9.59 Å². The standard InChI is InChI=1S/C19H23ClN2O3/c1-12-16(18(23)25-13-8-4-2-3-5-9-13)17(22-19(24)21-12)14-10-6-7-11-15(14)20/h6-7,10-11,13,17H,2-5,8-9H2,1H3,(H2,21,22,24)/t17-/m0/s1. The van der Waals surface area contributed by atoms with E-state index in [0.29, 0.717) is 21.9 Å². The first kappa shape index (κ1) is 17.8. The Hall–Kier alpha value is -2.01. The quantitative estimate of drug-likeness (QED) is 0.624. The highest BCUT2D eigenvalue weighted by Crippen LogP contribution is 2.33. The Morgan fingerprint density at radius 1 is 1.16 bits per heavy atom. The maximum absolute atomic E-state index is 12.9.